The lowest BCUT2D eigenvalue weighted by Crippen LogP contribution is -2.48. The molecule has 1 aliphatic heterocycles. The third kappa shape index (κ3) is 4.89. The number of nitrogens with one attached hydrogen (secondary N) is 2. The number of nitrogens with two attached hydrogens (primary N) is 1. The van der Waals surface area contributed by atoms with Crippen molar-refractivity contribution in [3.05, 3.63) is 59.7 Å². The van der Waals surface area contributed by atoms with Crippen LogP contribution in [0.15, 0.2) is 48.5 Å². The van der Waals surface area contributed by atoms with Crippen LogP contribution in [0.4, 0.5) is 10.5 Å². The van der Waals surface area contributed by atoms with Crippen molar-refractivity contribution in [3.8, 4) is 5.75 Å². The molecule has 158 valence electrons. The van der Waals surface area contributed by atoms with Gasteiger partial charge in [0.1, 0.15) is 12.3 Å². The minimum absolute atomic E-state index is 0.133. The van der Waals surface area contributed by atoms with E-state index in [-0.39, 0.29) is 31.5 Å². The van der Waals surface area contributed by atoms with E-state index >= 15 is 0 Å². The predicted octanol–water partition coefficient (Wildman–Crippen LogP) is 1.87. The number of anilines is 1. The molecule has 8 heteroatoms. The van der Waals surface area contributed by atoms with Gasteiger partial charge in [-0.05, 0) is 42.7 Å². The summed E-state index contributed by atoms with van der Waals surface area (Å²) in [5.41, 5.74) is 8.06. The molecule has 0 spiro atoms. The Morgan fingerprint density at radius 3 is 2.70 bits per heavy atom. The zero-order chi connectivity index (χ0) is 21.7. The molecule has 0 saturated carbocycles. The van der Waals surface area contributed by atoms with Gasteiger partial charge in [-0.1, -0.05) is 30.3 Å². The van der Waals surface area contributed by atoms with Gasteiger partial charge in [-0.15, -0.1) is 0 Å². The van der Waals surface area contributed by atoms with Crippen molar-refractivity contribution >= 4 is 23.5 Å². The van der Waals surface area contributed by atoms with Crippen LogP contribution >= 0.6 is 0 Å². The predicted molar refractivity (Wildman–Crippen MR) is 113 cm³/mol. The summed E-state index contributed by atoms with van der Waals surface area (Å²) in [6, 6.07) is 13.7. The van der Waals surface area contributed by atoms with E-state index in [1.165, 1.54) is 7.11 Å². The van der Waals surface area contributed by atoms with Crippen LogP contribution in [0.1, 0.15) is 24.1 Å². The van der Waals surface area contributed by atoms with Gasteiger partial charge in [0.2, 0.25) is 11.8 Å². The molecule has 0 radical (unpaired) electrons. The van der Waals surface area contributed by atoms with Crippen molar-refractivity contribution in [3.63, 3.8) is 0 Å². The summed E-state index contributed by atoms with van der Waals surface area (Å²) in [4.78, 5) is 39.1. The van der Waals surface area contributed by atoms with Crippen molar-refractivity contribution in [1.29, 1.82) is 0 Å². The molecular weight excluding hydrogens is 384 g/mol. The number of carbonyl (C=O) groups is 3. The molecule has 1 aliphatic rings. The Kier molecular flexibility index (Phi) is 6.56. The van der Waals surface area contributed by atoms with Crippen molar-refractivity contribution in [1.82, 2.24) is 15.5 Å². The minimum atomic E-state index is -0.620. The largest absolute Gasteiger partial charge is 0.496 e. The third-order valence-corrected chi connectivity index (χ3v) is 5.12. The first kappa shape index (κ1) is 21.2. The summed E-state index contributed by atoms with van der Waals surface area (Å²) in [5.74, 6) is -0.824. The number of ether oxygens (including phenoxy) is 1. The minimum Gasteiger partial charge on any atom is -0.496 e. The second-order valence-electron chi connectivity index (χ2n) is 7.28. The van der Waals surface area contributed by atoms with E-state index in [0.29, 0.717) is 11.4 Å². The molecule has 1 unspecified atom stereocenters. The number of hydrogen-bond donors (Lipinski definition) is 3. The Hall–Kier alpha value is -3.55. The molecular formula is C22H26N4O4. The van der Waals surface area contributed by atoms with E-state index in [2.05, 4.69) is 10.6 Å². The van der Waals surface area contributed by atoms with E-state index in [4.69, 9.17) is 10.5 Å². The Morgan fingerprint density at radius 1 is 1.27 bits per heavy atom. The van der Waals surface area contributed by atoms with Crippen LogP contribution in [-0.2, 0) is 16.0 Å². The fraction of sp³-hybridized carbons (Fsp3) is 0.318. The molecule has 4 amide bonds. The topological polar surface area (TPSA) is 114 Å². The van der Waals surface area contributed by atoms with Crippen LogP contribution in [0.5, 0.6) is 5.75 Å². The molecule has 0 aromatic heterocycles. The van der Waals surface area contributed by atoms with Gasteiger partial charge in [0.15, 0.2) is 0 Å². The fourth-order valence-electron chi connectivity index (χ4n) is 3.47. The number of benzene rings is 2. The lowest BCUT2D eigenvalue weighted by molar-refractivity contribution is -0.133. The summed E-state index contributed by atoms with van der Waals surface area (Å²) in [6.45, 7) is 1.63. The number of nitrogens with zero attached hydrogens (tertiary/aromatic N) is 1. The van der Waals surface area contributed by atoms with Crippen molar-refractivity contribution in [2.24, 2.45) is 5.92 Å². The maximum Gasteiger partial charge on any atom is 0.325 e. The quantitative estimate of drug-likeness (QED) is 0.651. The smallest absolute Gasteiger partial charge is 0.325 e. The van der Waals surface area contributed by atoms with Crippen LogP contribution in [0, 0.1) is 5.92 Å². The average molecular weight is 410 g/mol. The molecule has 0 aliphatic carbocycles. The van der Waals surface area contributed by atoms with Gasteiger partial charge in [-0.25, -0.2) is 4.79 Å². The van der Waals surface area contributed by atoms with E-state index in [9.17, 15) is 14.4 Å². The van der Waals surface area contributed by atoms with E-state index in [1.54, 1.807) is 18.2 Å². The average Bonchev–Trinajstić information content (AvgIpc) is 2.88. The summed E-state index contributed by atoms with van der Waals surface area (Å²) in [6.07, 6.45) is 0.283. The molecule has 4 N–H and O–H groups in total. The maximum absolute atomic E-state index is 13.1. The van der Waals surface area contributed by atoms with Crippen molar-refractivity contribution in [2.45, 2.75) is 19.4 Å². The number of amides is 4. The Labute approximate surface area is 175 Å². The number of imide groups is 1. The van der Waals surface area contributed by atoms with Crippen LogP contribution in [0.25, 0.3) is 0 Å². The van der Waals surface area contributed by atoms with Gasteiger partial charge in [-0.3, -0.25) is 14.5 Å². The number of methoxy groups -OCH3 is 1. The zero-order valence-electron chi connectivity index (χ0n) is 17.1. The van der Waals surface area contributed by atoms with E-state index < -0.39 is 17.9 Å². The maximum atomic E-state index is 13.1. The molecule has 3 rings (SSSR count). The molecule has 0 bridgehead atoms. The lowest BCUT2D eigenvalue weighted by Gasteiger charge is -2.24. The van der Waals surface area contributed by atoms with E-state index in [0.717, 1.165) is 16.0 Å². The second-order valence-corrected chi connectivity index (χ2v) is 7.28. The summed E-state index contributed by atoms with van der Waals surface area (Å²) >= 11 is 0. The molecule has 1 fully saturated rings. The van der Waals surface area contributed by atoms with Crippen LogP contribution in [-0.4, -0.2) is 42.9 Å². The monoisotopic (exact) mass is 410 g/mol. The number of nitrogen functional groups attached to an aromatic ring is 1. The molecule has 8 nitrogen and oxygen atoms in total. The number of urea groups is 1. The highest BCUT2D eigenvalue weighted by molar-refractivity contribution is 6.00. The SMILES string of the molecule is COc1ccc(N)cc1CC1CNC(=O)CN(C(=O)N[C@H](C)c2ccccc2)C1=O. The highest BCUT2D eigenvalue weighted by Gasteiger charge is 2.34. The van der Waals surface area contributed by atoms with E-state index in [1.807, 2.05) is 37.3 Å². The second kappa shape index (κ2) is 9.30. The van der Waals surface area contributed by atoms with Crippen molar-refractivity contribution in [2.75, 3.05) is 25.9 Å². The molecule has 2 atom stereocenters. The first-order valence-corrected chi connectivity index (χ1v) is 9.75. The normalized spacial score (nSPS) is 17.7. The lowest BCUT2D eigenvalue weighted by atomic mass is 9.97. The standard InChI is InChI=1S/C22H26N4O4/c1-14(15-6-4-3-5-7-15)25-22(29)26-13-20(27)24-12-17(21(26)28)10-16-11-18(23)8-9-19(16)30-2/h3-9,11,14,17H,10,12-13,23H2,1-2H3,(H,24,27)(H,25,29)/t14-,17?/m1/s1. The third-order valence-electron chi connectivity index (χ3n) is 5.12. The molecule has 2 aromatic rings. The molecule has 1 saturated heterocycles. The first-order valence-electron chi connectivity index (χ1n) is 9.75. The summed E-state index contributed by atoms with van der Waals surface area (Å²) in [7, 11) is 1.54. The first-order chi connectivity index (χ1) is 14.4. The van der Waals surface area contributed by atoms with Gasteiger partial charge in [0.05, 0.1) is 19.1 Å². The fourth-order valence-corrected chi connectivity index (χ4v) is 3.47. The highest BCUT2D eigenvalue weighted by atomic mass is 16.5. The molecule has 2 aromatic carbocycles. The van der Waals surface area contributed by atoms with Gasteiger partial charge >= 0.3 is 6.03 Å². The number of rotatable bonds is 5. The zero-order valence-corrected chi connectivity index (χ0v) is 17.1. The van der Waals surface area contributed by atoms with Gasteiger partial charge < -0.3 is 21.1 Å². The summed E-state index contributed by atoms with van der Waals surface area (Å²) in [5, 5.41) is 5.52. The van der Waals surface area contributed by atoms with Crippen molar-refractivity contribution < 1.29 is 19.1 Å². The van der Waals surface area contributed by atoms with Crippen LogP contribution < -0.4 is 21.1 Å². The van der Waals surface area contributed by atoms with Gasteiger partial charge in [0.25, 0.3) is 0 Å². The Bertz CT molecular complexity index is 932. The Morgan fingerprint density at radius 2 is 2.00 bits per heavy atom. The van der Waals surface area contributed by atoms with Gasteiger partial charge in [0, 0.05) is 12.2 Å². The number of carbonyl (C=O) groups excluding carboxylic acids is 3. The molecule has 1 heterocycles. The summed E-state index contributed by atoms with van der Waals surface area (Å²) < 4.78 is 5.36. The van der Waals surface area contributed by atoms with Crippen LogP contribution in [0.3, 0.4) is 0 Å². The highest BCUT2D eigenvalue weighted by Crippen LogP contribution is 2.25. The Balaban J connectivity index is 1.78. The van der Waals surface area contributed by atoms with Crippen LogP contribution in [0.2, 0.25) is 0 Å². The molecule has 30 heavy (non-hydrogen) atoms. The number of hydrogen-bond acceptors (Lipinski definition) is 5. The van der Waals surface area contributed by atoms with Gasteiger partial charge in [-0.2, -0.15) is 0 Å².